The van der Waals surface area contributed by atoms with Gasteiger partial charge in [0.05, 0.1) is 18.4 Å². The fourth-order valence-electron chi connectivity index (χ4n) is 3.93. The molecule has 2 heterocycles. The maximum absolute atomic E-state index is 12.7. The molecule has 0 fully saturated rings. The summed E-state index contributed by atoms with van der Waals surface area (Å²) in [5.41, 5.74) is 2.80. The summed E-state index contributed by atoms with van der Waals surface area (Å²) in [4.78, 5) is 26.1. The number of aryl methyl sites for hydroxylation is 3. The number of hydrogen-bond acceptors (Lipinski definition) is 7. The molecule has 0 radical (unpaired) electrons. The van der Waals surface area contributed by atoms with Crippen LogP contribution in [0, 0.1) is 0 Å². The first-order chi connectivity index (χ1) is 15.6. The van der Waals surface area contributed by atoms with Crippen LogP contribution in [0.4, 0.5) is 5.00 Å². The minimum Gasteiger partial charge on any atom is -0.465 e. The van der Waals surface area contributed by atoms with Crippen LogP contribution in [0.25, 0.3) is 0 Å². The number of anilines is 1. The number of carbonyl (C=O) groups is 2. The fourth-order valence-corrected chi connectivity index (χ4v) is 6.05. The Morgan fingerprint density at radius 3 is 2.75 bits per heavy atom. The summed E-state index contributed by atoms with van der Waals surface area (Å²) in [5.74, 6) is 0.555. The third kappa shape index (κ3) is 4.88. The number of nitrogens with one attached hydrogen (secondary N) is 1. The van der Waals surface area contributed by atoms with Crippen molar-refractivity contribution in [2.24, 2.45) is 0 Å². The SMILES string of the molecule is CCn1c(CCc2ccccc2)nnc1SCC(=O)Nc1sc2c(c1C(=O)OC)CCC2. The molecule has 4 rings (SSSR count). The number of methoxy groups -OCH3 is 1. The summed E-state index contributed by atoms with van der Waals surface area (Å²) in [6, 6.07) is 10.3. The van der Waals surface area contributed by atoms with Gasteiger partial charge in [0.2, 0.25) is 5.91 Å². The fraction of sp³-hybridized carbons (Fsp3) is 0.391. The molecule has 0 atom stereocenters. The summed E-state index contributed by atoms with van der Waals surface area (Å²) in [7, 11) is 1.37. The van der Waals surface area contributed by atoms with E-state index in [0.29, 0.717) is 10.6 Å². The molecule has 1 aliphatic rings. The molecular formula is C23H26N4O3S2. The van der Waals surface area contributed by atoms with Gasteiger partial charge in [-0.25, -0.2) is 4.79 Å². The zero-order valence-electron chi connectivity index (χ0n) is 18.2. The Bertz CT molecular complexity index is 1110. The predicted octanol–water partition coefficient (Wildman–Crippen LogP) is 4.15. The molecule has 1 aliphatic carbocycles. The van der Waals surface area contributed by atoms with Crippen molar-refractivity contribution in [3.8, 4) is 0 Å². The number of ether oxygens (including phenoxy) is 1. The molecule has 0 spiro atoms. The Kier molecular flexibility index (Phi) is 7.26. The molecule has 3 aromatic rings. The number of fused-ring (bicyclic) bond motifs is 1. The van der Waals surface area contributed by atoms with Crippen LogP contribution in [0.5, 0.6) is 0 Å². The maximum Gasteiger partial charge on any atom is 0.341 e. The van der Waals surface area contributed by atoms with Crippen LogP contribution >= 0.6 is 23.1 Å². The molecule has 2 aromatic heterocycles. The van der Waals surface area contributed by atoms with E-state index >= 15 is 0 Å². The van der Waals surface area contributed by atoms with Gasteiger partial charge in [0.1, 0.15) is 10.8 Å². The van der Waals surface area contributed by atoms with Gasteiger partial charge >= 0.3 is 5.97 Å². The van der Waals surface area contributed by atoms with Crippen LogP contribution in [0.3, 0.4) is 0 Å². The molecule has 0 aliphatic heterocycles. The van der Waals surface area contributed by atoms with Gasteiger partial charge in [-0.3, -0.25) is 4.79 Å². The first-order valence-corrected chi connectivity index (χ1v) is 12.5. The van der Waals surface area contributed by atoms with Gasteiger partial charge < -0.3 is 14.6 Å². The monoisotopic (exact) mass is 470 g/mol. The van der Waals surface area contributed by atoms with Crippen molar-refractivity contribution in [3.63, 3.8) is 0 Å². The first kappa shape index (κ1) is 22.5. The Hall–Kier alpha value is -2.65. The van der Waals surface area contributed by atoms with E-state index in [1.54, 1.807) is 0 Å². The van der Waals surface area contributed by atoms with Gasteiger partial charge in [-0.15, -0.1) is 21.5 Å². The average molecular weight is 471 g/mol. The summed E-state index contributed by atoms with van der Waals surface area (Å²) >= 11 is 2.84. The molecule has 0 unspecified atom stereocenters. The predicted molar refractivity (Wildman–Crippen MR) is 127 cm³/mol. The van der Waals surface area contributed by atoms with Crippen LogP contribution in [0.15, 0.2) is 35.5 Å². The summed E-state index contributed by atoms with van der Waals surface area (Å²) in [6.45, 7) is 2.79. The highest BCUT2D eigenvalue weighted by Crippen LogP contribution is 2.39. The van der Waals surface area contributed by atoms with Crippen molar-refractivity contribution in [2.75, 3.05) is 18.2 Å². The second-order valence-corrected chi connectivity index (χ2v) is 9.57. The van der Waals surface area contributed by atoms with Crippen LogP contribution in [0.1, 0.15) is 45.5 Å². The minimum atomic E-state index is -0.388. The number of thioether (sulfide) groups is 1. The molecule has 32 heavy (non-hydrogen) atoms. The average Bonchev–Trinajstić information content (AvgIpc) is 3.50. The van der Waals surface area contributed by atoms with Crippen molar-refractivity contribution >= 4 is 40.0 Å². The highest BCUT2D eigenvalue weighted by Gasteiger charge is 2.28. The first-order valence-electron chi connectivity index (χ1n) is 10.7. The van der Waals surface area contributed by atoms with Crippen molar-refractivity contribution in [3.05, 3.63) is 57.7 Å². The second kappa shape index (κ2) is 10.3. The van der Waals surface area contributed by atoms with E-state index < -0.39 is 0 Å². The van der Waals surface area contributed by atoms with Gasteiger partial charge in [-0.2, -0.15) is 0 Å². The van der Waals surface area contributed by atoms with E-state index in [4.69, 9.17) is 4.74 Å². The topological polar surface area (TPSA) is 86.1 Å². The molecular weight excluding hydrogens is 444 g/mol. The number of esters is 1. The lowest BCUT2D eigenvalue weighted by Gasteiger charge is -2.08. The van der Waals surface area contributed by atoms with E-state index in [9.17, 15) is 9.59 Å². The molecule has 0 bridgehead atoms. The second-order valence-electron chi connectivity index (χ2n) is 7.52. The standard InChI is InChI=1S/C23H26N4O3S2/c1-3-27-18(13-12-15-8-5-4-6-9-15)25-26-23(27)31-14-19(28)24-21-20(22(29)30-2)16-10-7-11-17(16)32-21/h4-6,8-9H,3,7,10-14H2,1-2H3,(H,24,28). The zero-order chi connectivity index (χ0) is 22.5. The summed E-state index contributed by atoms with van der Waals surface area (Å²) in [5, 5.41) is 12.9. The van der Waals surface area contributed by atoms with Gasteiger partial charge in [-0.05, 0) is 43.7 Å². The molecule has 1 amide bonds. The van der Waals surface area contributed by atoms with Crippen LogP contribution in [-0.4, -0.2) is 39.5 Å². The van der Waals surface area contributed by atoms with Crippen molar-refractivity contribution in [2.45, 2.75) is 50.7 Å². The number of amides is 1. The van der Waals surface area contributed by atoms with Gasteiger partial charge in [0.15, 0.2) is 5.16 Å². The van der Waals surface area contributed by atoms with Gasteiger partial charge in [-0.1, -0.05) is 42.1 Å². The van der Waals surface area contributed by atoms with E-state index in [-0.39, 0.29) is 17.6 Å². The van der Waals surface area contributed by atoms with Crippen molar-refractivity contribution < 1.29 is 14.3 Å². The number of thiophene rings is 1. The molecule has 0 saturated carbocycles. The lowest BCUT2D eigenvalue weighted by Crippen LogP contribution is -2.16. The summed E-state index contributed by atoms with van der Waals surface area (Å²) in [6.07, 6.45) is 4.52. The zero-order valence-corrected chi connectivity index (χ0v) is 19.9. The van der Waals surface area contributed by atoms with Crippen LogP contribution in [0.2, 0.25) is 0 Å². The highest BCUT2D eigenvalue weighted by molar-refractivity contribution is 7.99. The quantitative estimate of drug-likeness (QED) is 0.373. The third-order valence-corrected chi connectivity index (χ3v) is 7.66. The molecule has 0 saturated heterocycles. The smallest absolute Gasteiger partial charge is 0.341 e. The number of aromatic nitrogens is 3. The minimum absolute atomic E-state index is 0.170. The van der Waals surface area contributed by atoms with Crippen LogP contribution < -0.4 is 5.32 Å². The molecule has 1 aromatic carbocycles. The Morgan fingerprint density at radius 1 is 1.19 bits per heavy atom. The molecule has 7 nitrogen and oxygen atoms in total. The van der Waals surface area contributed by atoms with E-state index in [1.807, 2.05) is 18.2 Å². The molecule has 1 N–H and O–H groups in total. The largest absolute Gasteiger partial charge is 0.465 e. The molecule has 168 valence electrons. The number of benzene rings is 1. The lowest BCUT2D eigenvalue weighted by molar-refractivity contribution is -0.113. The third-order valence-electron chi connectivity index (χ3n) is 5.49. The number of hydrogen-bond donors (Lipinski definition) is 1. The van der Waals surface area contributed by atoms with E-state index in [0.717, 1.165) is 55.2 Å². The number of rotatable bonds is 9. The van der Waals surface area contributed by atoms with Crippen molar-refractivity contribution in [1.29, 1.82) is 0 Å². The normalized spacial score (nSPS) is 12.6. The van der Waals surface area contributed by atoms with Crippen LogP contribution in [-0.2, 0) is 41.8 Å². The van der Waals surface area contributed by atoms with E-state index in [1.165, 1.54) is 40.6 Å². The molecule has 9 heteroatoms. The van der Waals surface area contributed by atoms with Gasteiger partial charge in [0, 0.05) is 17.8 Å². The lowest BCUT2D eigenvalue weighted by atomic mass is 10.1. The number of carbonyl (C=O) groups excluding carboxylic acids is 2. The summed E-state index contributed by atoms with van der Waals surface area (Å²) < 4.78 is 7.00. The highest BCUT2D eigenvalue weighted by atomic mass is 32.2. The number of nitrogens with zero attached hydrogens (tertiary/aromatic N) is 3. The Morgan fingerprint density at radius 2 is 2.00 bits per heavy atom. The van der Waals surface area contributed by atoms with Gasteiger partial charge in [0.25, 0.3) is 0 Å². The Labute approximate surface area is 195 Å². The van der Waals surface area contributed by atoms with Crippen molar-refractivity contribution in [1.82, 2.24) is 14.8 Å². The van der Waals surface area contributed by atoms with E-state index in [2.05, 4.69) is 39.1 Å². The maximum atomic E-state index is 12.7. The Balaban J connectivity index is 1.38.